The van der Waals surface area contributed by atoms with E-state index in [-0.39, 0.29) is 25.3 Å². The minimum Gasteiger partial charge on any atom is -0.491 e. The van der Waals surface area contributed by atoms with Crippen LogP contribution in [0.15, 0.2) is 24.3 Å². The lowest BCUT2D eigenvalue weighted by molar-refractivity contribution is -0.121. The number of carbonyl (C=O) groups excluding carboxylic acids is 2. The highest BCUT2D eigenvalue weighted by Gasteiger charge is 1.99. The molecule has 0 spiro atoms. The van der Waals surface area contributed by atoms with Gasteiger partial charge in [0, 0.05) is 19.9 Å². The zero-order chi connectivity index (χ0) is 17.6. The standard InChI is InChI=1S/C16H24N2O6/c1-13(19)17-11-21-6-8-23-15-4-3-5-16(10-15)24-9-7-22-12-18-14(2)20/h3-5,10H,6-9,11-12H2,1-2H3,(H,17,19)(H,18,20). The summed E-state index contributed by atoms with van der Waals surface area (Å²) in [5.41, 5.74) is 0. The summed E-state index contributed by atoms with van der Waals surface area (Å²) in [6.45, 7) is 4.64. The lowest BCUT2D eigenvalue weighted by Gasteiger charge is -2.10. The fraction of sp³-hybridized carbons (Fsp3) is 0.500. The molecule has 0 saturated heterocycles. The monoisotopic (exact) mass is 340 g/mol. The van der Waals surface area contributed by atoms with Gasteiger partial charge in [-0.1, -0.05) is 6.07 Å². The number of ether oxygens (including phenoxy) is 4. The van der Waals surface area contributed by atoms with E-state index in [2.05, 4.69) is 10.6 Å². The van der Waals surface area contributed by atoms with Crippen LogP contribution in [0.25, 0.3) is 0 Å². The van der Waals surface area contributed by atoms with Crippen LogP contribution in [0.5, 0.6) is 11.5 Å². The molecule has 0 aliphatic heterocycles. The number of nitrogens with one attached hydrogen (secondary N) is 2. The molecule has 0 heterocycles. The van der Waals surface area contributed by atoms with Crippen molar-refractivity contribution in [2.75, 3.05) is 39.9 Å². The van der Waals surface area contributed by atoms with Crippen LogP contribution in [0.4, 0.5) is 0 Å². The summed E-state index contributed by atoms with van der Waals surface area (Å²) < 4.78 is 21.4. The molecule has 8 heteroatoms. The number of hydrogen-bond donors (Lipinski definition) is 2. The third-order valence-corrected chi connectivity index (χ3v) is 2.64. The van der Waals surface area contributed by atoms with E-state index in [4.69, 9.17) is 18.9 Å². The van der Waals surface area contributed by atoms with E-state index >= 15 is 0 Å². The molecule has 0 fully saturated rings. The Bertz CT molecular complexity index is 468. The van der Waals surface area contributed by atoms with Gasteiger partial charge >= 0.3 is 0 Å². The molecule has 0 bridgehead atoms. The van der Waals surface area contributed by atoms with E-state index in [1.807, 2.05) is 18.2 Å². The molecule has 1 rings (SSSR count). The summed E-state index contributed by atoms with van der Waals surface area (Å²) >= 11 is 0. The molecule has 0 aliphatic carbocycles. The summed E-state index contributed by atoms with van der Waals surface area (Å²) in [7, 11) is 0. The maximum absolute atomic E-state index is 10.6. The first-order valence-electron chi connectivity index (χ1n) is 7.58. The van der Waals surface area contributed by atoms with Gasteiger partial charge in [0.2, 0.25) is 11.8 Å². The Morgan fingerprint density at radius 1 is 0.833 bits per heavy atom. The van der Waals surface area contributed by atoms with Crippen LogP contribution in [0.1, 0.15) is 13.8 Å². The van der Waals surface area contributed by atoms with Gasteiger partial charge in [-0.05, 0) is 12.1 Å². The predicted molar refractivity (Wildman–Crippen MR) is 86.7 cm³/mol. The molecule has 134 valence electrons. The molecular weight excluding hydrogens is 316 g/mol. The number of rotatable bonds is 12. The maximum atomic E-state index is 10.6. The van der Waals surface area contributed by atoms with Crippen molar-refractivity contribution < 1.29 is 28.5 Å². The van der Waals surface area contributed by atoms with E-state index in [1.54, 1.807) is 6.07 Å². The third kappa shape index (κ3) is 10.4. The maximum Gasteiger partial charge on any atom is 0.218 e. The fourth-order valence-corrected chi connectivity index (χ4v) is 1.54. The van der Waals surface area contributed by atoms with Crippen molar-refractivity contribution in [3.05, 3.63) is 24.3 Å². The van der Waals surface area contributed by atoms with Gasteiger partial charge in [0.25, 0.3) is 0 Å². The SMILES string of the molecule is CC(=O)NCOCCOc1cccc(OCCOCNC(C)=O)c1. The van der Waals surface area contributed by atoms with Crippen LogP contribution in [0, 0.1) is 0 Å². The molecule has 0 unspecified atom stereocenters. The van der Waals surface area contributed by atoms with Crippen molar-refractivity contribution in [3.8, 4) is 11.5 Å². The van der Waals surface area contributed by atoms with Gasteiger partial charge < -0.3 is 29.6 Å². The van der Waals surface area contributed by atoms with E-state index in [0.29, 0.717) is 37.9 Å². The number of carbonyl (C=O) groups is 2. The van der Waals surface area contributed by atoms with Crippen molar-refractivity contribution in [2.24, 2.45) is 0 Å². The summed E-state index contributed by atoms with van der Waals surface area (Å²) in [5, 5.41) is 5.05. The van der Waals surface area contributed by atoms with E-state index in [1.165, 1.54) is 13.8 Å². The molecule has 0 saturated carbocycles. The number of benzene rings is 1. The molecule has 1 aromatic carbocycles. The van der Waals surface area contributed by atoms with Crippen LogP contribution in [0.2, 0.25) is 0 Å². The second-order valence-electron chi connectivity index (χ2n) is 4.74. The lowest BCUT2D eigenvalue weighted by atomic mass is 10.3. The first-order chi connectivity index (χ1) is 11.6. The first-order valence-corrected chi connectivity index (χ1v) is 7.58. The first kappa shape index (κ1) is 19.7. The second-order valence-corrected chi connectivity index (χ2v) is 4.74. The van der Waals surface area contributed by atoms with Gasteiger partial charge in [0.1, 0.15) is 38.2 Å². The Hall–Kier alpha value is -2.32. The number of amides is 2. The summed E-state index contributed by atoms with van der Waals surface area (Å²) in [5.74, 6) is 1.05. The lowest BCUT2D eigenvalue weighted by Crippen LogP contribution is -2.24. The largest absolute Gasteiger partial charge is 0.491 e. The zero-order valence-electron chi connectivity index (χ0n) is 14.0. The van der Waals surface area contributed by atoms with Crippen LogP contribution < -0.4 is 20.1 Å². The van der Waals surface area contributed by atoms with Crippen LogP contribution >= 0.6 is 0 Å². The molecular formula is C16H24N2O6. The van der Waals surface area contributed by atoms with Crippen molar-refractivity contribution in [2.45, 2.75) is 13.8 Å². The van der Waals surface area contributed by atoms with Gasteiger partial charge in [-0.2, -0.15) is 0 Å². The zero-order valence-corrected chi connectivity index (χ0v) is 14.0. The summed E-state index contributed by atoms with van der Waals surface area (Å²) in [6, 6.07) is 7.21. The molecule has 0 atom stereocenters. The van der Waals surface area contributed by atoms with Gasteiger partial charge in [-0.25, -0.2) is 0 Å². The molecule has 0 radical (unpaired) electrons. The highest BCUT2D eigenvalue weighted by molar-refractivity contribution is 5.72. The fourth-order valence-electron chi connectivity index (χ4n) is 1.54. The molecule has 2 amide bonds. The van der Waals surface area contributed by atoms with Gasteiger partial charge in [0.05, 0.1) is 13.2 Å². The molecule has 0 aromatic heterocycles. The van der Waals surface area contributed by atoms with Crippen LogP contribution in [0.3, 0.4) is 0 Å². The Kier molecular flexibility index (Phi) is 9.98. The molecule has 24 heavy (non-hydrogen) atoms. The van der Waals surface area contributed by atoms with Gasteiger partial charge in [-0.3, -0.25) is 9.59 Å². The minimum absolute atomic E-state index is 0.137. The van der Waals surface area contributed by atoms with Crippen molar-refractivity contribution in [1.29, 1.82) is 0 Å². The molecule has 8 nitrogen and oxygen atoms in total. The molecule has 0 aliphatic rings. The van der Waals surface area contributed by atoms with E-state index in [9.17, 15) is 9.59 Å². The van der Waals surface area contributed by atoms with E-state index < -0.39 is 0 Å². The Balaban J connectivity index is 2.14. The second kappa shape index (κ2) is 12.1. The molecule has 1 aromatic rings. The highest BCUT2D eigenvalue weighted by Crippen LogP contribution is 2.19. The normalized spacial score (nSPS) is 10.1. The minimum atomic E-state index is -0.137. The van der Waals surface area contributed by atoms with Crippen molar-refractivity contribution in [1.82, 2.24) is 10.6 Å². The van der Waals surface area contributed by atoms with Gasteiger partial charge in [-0.15, -0.1) is 0 Å². The highest BCUT2D eigenvalue weighted by atomic mass is 16.5. The predicted octanol–water partition coefficient (Wildman–Crippen LogP) is 0.665. The summed E-state index contributed by atoms with van der Waals surface area (Å²) in [6.07, 6.45) is 0. The third-order valence-electron chi connectivity index (χ3n) is 2.64. The Morgan fingerprint density at radius 3 is 1.71 bits per heavy atom. The summed E-state index contributed by atoms with van der Waals surface area (Å²) in [4.78, 5) is 21.3. The Morgan fingerprint density at radius 2 is 1.29 bits per heavy atom. The van der Waals surface area contributed by atoms with Crippen LogP contribution in [-0.4, -0.2) is 51.7 Å². The van der Waals surface area contributed by atoms with Crippen LogP contribution in [-0.2, 0) is 19.1 Å². The average Bonchev–Trinajstić information content (AvgIpc) is 2.54. The number of hydrogen-bond acceptors (Lipinski definition) is 6. The Labute approximate surface area is 141 Å². The molecule has 2 N–H and O–H groups in total. The smallest absolute Gasteiger partial charge is 0.218 e. The van der Waals surface area contributed by atoms with Gasteiger partial charge in [0.15, 0.2) is 0 Å². The van der Waals surface area contributed by atoms with Crippen molar-refractivity contribution >= 4 is 11.8 Å². The van der Waals surface area contributed by atoms with E-state index in [0.717, 1.165) is 0 Å². The van der Waals surface area contributed by atoms with Crippen molar-refractivity contribution in [3.63, 3.8) is 0 Å². The average molecular weight is 340 g/mol. The topological polar surface area (TPSA) is 95.1 Å². The quantitative estimate of drug-likeness (QED) is 0.429.